The van der Waals surface area contributed by atoms with Crippen LogP contribution in [0.4, 0.5) is 13.6 Å². The van der Waals surface area contributed by atoms with E-state index in [-0.39, 0.29) is 49.5 Å². The van der Waals surface area contributed by atoms with Gasteiger partial charge < -0.3 is 24.3 Å². The van der Waals surface area contributed by atoms with Crippen LogP contribution in [0, 0.1) is 34.5 Å². The molecule has 50 heavy (non-hydrogen) atoms. The second-order valence-electron chi connectivity index (χ2n) is 17.6. The normalized spacial score (nSPS) is 34.8. The lowest BCUT2D eigenvalue weighted by Crippen LogP contribution is -2.65. The number of carbonyl (C=O) groups excluding carboxylic acids is 2. The molecular weight excluding hydrogens is 641 g/mol. The Hall–Kier alpha value is -2.75. The molecule has 0 spiro atoms. The van der Waals surface area contributed by atoms with Crippen LogP contribution in [0.25, 0.3) is 0 Å². The number of hydrogen-bond donors (Lipinski definition) is 1. The molecule has 9 nitrogen and oxygen atoms in total. The van der Waals surface area contributed by atoms with E-state index in [9.17, 15) is 23.6 Å². The van der Waals surface area contributed by atoms with Crippen molar-refractivity contribution >= 4 is 19.1 Å². The third-order valence-corrected chi connectivity index (χ3v) is 13.9. The summed E-state index contributed by atoms with van der Waals surface area (Å²) in [5, 5.41) is 13.2. The monoisotopic (exact) mass is 694 g/mol. The summed E-state index contributed by atoms with van der Waals surface area (Å²) in [5.41, 5.74) is -0.403. The van der Waals surface area contributed by atoms with Crippen molar-refractivity contribution in [2.24, 2.45) is 23.2 Å². The number of likely N-dealkylation sites (tertiary alicyclic amines) is 1. The number of hydrogen-bond acceptors (Lipinski definition) is 7. The predicted octanol–water partition coefficient (Wildman–Crippen LogP) is 6.15. The number of nitrogens with zero attached hydrogens (tertiary/aromatic N) is 3. The van der Waals surface area contributed by atoms with Crippen LogP contribution in [-0.2, 0) is 25.3 Å². The van der Waals surface area contributed by atoms with Gasteiger partial charge in [-0.2, -0.15) is 5.26 Å². The van der Waals surface area contributed by atoms with Gasteiger partial charge in [-0.05, 0) is 101 Å². The highest BCUT2D eigenvalue weighted by Gasteiger charge is 2.68. The van der Waals surface area contributed by atoms with E-state index in [1.54, 1.807) is 4.90 Å². The fraction of sp³-hybridized carbons (Fsp3) is 0.763. The number of fused-ring (bicyclic) bond motifs is 2. The zero-order valence-electron chi connectivity index (χ0n) is 30.3. The maximum Gasteiger partial charge on any atom is 0.482 e. The molecule has 272 valence electrons. The van der Waals surface area contributed by atoms with Gasteiger partial charge in [-0.15, -0.1) is 0 Å². The molecule has 1 N–H and O–H groups in total. The molecule has 4 heterocycles. The fourth-order valence-electron chi connectivity index (χ4n) is 10.5. The van der Waals surface area contributed by atoms with Gasteiger partial charge in [0.15, 0.2) is 0 Å². The van der Waals surface area contributed by atoms with Crippen molar-refractivity contribution in [3.8, 4) is 6.07 Å². The van der Waals surface area contributed by atoms with E-state index in [1.807, 2.05) is 49.1 Å². The lowest BCUT2D eigenvalue weighted by atomic mass is 9.43. The van der Waals surface area contributed by atoms with Crippen LogP contribution >= 0.6 is 0 Å². The lowest BCUT2D eigenvalue weighted by molar-refractivity contribution is -0.199. The van der Waals surface area contributed by atoms with Crippen LogP contribution in [-0.4, -0.2) is 89.3 Å². The quantitative estimate of drug-likeness (QED) is 0.277. The van der Waals surface area contributed by atoms with Crippen molar-refractivity contribution in [3.05, 3.63) is 35.9 Å². The Morgan fingerprint density at radius 1 is 1.14 bits per heavy atom. The summed E-state index contributed by atoms with van der Waals surface area (Å²) < 4.78 is 47.2. The number of amides is 2. The minimum absolute atomic E-state index is 0.000928. The van der Waals surface area contributed by atoms with Crippen LogP contribution in [0.15, 0.2) is 30.3 Å². The van der Waals surface area contributed by atoms with E-state index >= 15 is 0 Å². The summed E-state index contributed by atoms with van der Waals surface area (Å²) >= 11 is 0. The number of alkyl carbamates (subject to hydrolysis) is 1. The molecule has 1 aromatic carbocycles. The van der Waals surface area contributed by atoms with E-state index in [0.29, 0.717) is 44.1 Å². The zero-order chi connectivity index (χ0) is 35.7. The van der Waals surface area contributed by atoms with Crippen LogP contribution in [0.2, 0.25) is 0 Å². The van der Waals surface area contributed by atoms with Crippen molar-refractivity contribution in [2.75, 3.05) is 19.7 Å². The molecule has 0 radical (unpaired) electrons. The first-order valence-electron chi connectivity index (χ1n) is 18.7. The summed E-state index contributed by atoms with van der Waals surface area (Å²) in [7, 11) is -0.626. The van der Waals surface area contributed by atoms with Crippen molar-refractivity contribution in [1.29, 1.82) is 5.26 Å². The SMILES string of the molecule is CC1(C)[C@@H]2C[C@H]3OB([C@H](Cc4ccccc4)NC(=O)OCC45CCC(CC4)N5C(=O)C(C#N)CCC(C)(C)N4CCC(F)(F)C4)O[C@@]3(C)[C@H]1C2. The first-order chi connectivity index (χ1) is 23.6. The lowest BCUT2D eigenvalue weighted by Gasteiger charge is -2.64. The van der Waals surface area contributed by atoms with Gasteiger partial charge in [0.2, 0.25) is 5.91 Å². The topological polar surface area (TPSA) is 104 Å². The first kappa shape index (κ1) is 35.6. The molecule has 4 saturated heterocycles. The highest BCUT2D eigenvalue weighted by molar-refractivity contribution is 6.47. The maximum absolute atomic E-state index is 14.0. The van der Waals surface area contributed by atoms with Crippen molar-refractivity contribution in [1.82, 2.24) is 15.1 Å². The Morgan fingerprint density at radius 2 is 1.86 bits per heavy atom. The molecule has 1 unspecified atom stereocenters. The maximum atomic E-state index is 14.0. The largest absolute Gasteiger partial charge is 0.482 e. The molecular formula is C38H53BF2N4O5. The van der Waals surface area contributed by atoms with Gasteiger partial charge in [-0.1, -0.05) is 44.2 Å². The van der Waals surface area contributed by atoms with Gasteiger partial charge in [0.05, 0.1) is 35.8 Å². The van der Waals surface area contributed by atoms with E-state index < -0.39 is 47.7 Å². The summed E-state index contributed by atoms with van der Waals surface area (Å²) in [4.78, 5) is 31.2. The Bertz CT molecular complexity index is 1500. The standard InChI is InChI=1S/C38H53BF2N4O5/c1-34(2,44-18-17-38(40,41)23-44)14-11-26(22-42)32(46)45-28-12-15-37(45,16-13-28)24-48-33(47)43-31(19-25-9-7-6-8-10-25)39-49-30-21-27-20-29(35(27,3)4)36(30,5)50-39/h6-10,26-31H,11-21,23-24H2,1-5H3,(H,43,47)/t26?,27-,28?,29-,30+,31-,36-,37?/m0/s1. The van der Waals surface area contributed by atoms with Crippen LogP contribution in [0.5, 0.6) is 0 Å². The van der Waals surface area contributed by atoms with Gasteiger partial charge in [-0.3, -0.25) is 9.69 Å². The molecule has 3 saturated carbocycles. The number of ether oxygens (including phenoxy) is 1. The number of benzene rings is 1. The summed E-state index contributed by atoms with van der Waals surface area (Å²) in [6.07, 6.45) is 5.53. The molecule has 12 heteroatoms. The Balaban J connectivity index is 0.997. The van der Waals surface area contributed by atoms with Crippen molar-refractivity contribution in [2.45, 2.75) is 140 Å². The van der Waals surface area contributed by atoms with E-state index in [2.05, 4.69) is 32.2 Å². The molecule has 3 aliphatic carbocycles. The van der Waals surface area contributed by atoms with Crippen LogP contribution in [0.3, 0.4) is 0 Å². The molecule has 8 rings (SSSR count). The number of alkyl halides is 2. The summed E-state index contributed by atoms with van der Waals surface area (Å²) in [6, 6.07) is 12.2. The van der Waals surface area contributed by atoms with E-state index in [4.69, 9.17) is 14.0 Å². The smallest absolute Gasteiger partial charge is 0.447 e. The number of halogens is 2. The van der Waals surface area contributed by atoms with Crippen LogP contribution < -0.4 is 5.32 Å². The molecule has 1 aromatic rings. The second-order valence-corrected chi connectivity index (χ2v) is 17.6. The first-order valence-corrected chi connectivity index (χ1v) is 18.7. The van der Waals surface area contributed by atoms with E-state index in [0.717, 1.165) is 31.2 Å². The molecule has 4 aliphatic heterocycles. The predicted molar refractivity (Wildman–Crippen MR) is 184 cm³/mol. The minimum atomic E-state index is -2.71. The highest BCUT2D eigenvalue weighted by atomic mass is 19.3. The average Bonchev–Trinajstić information content (AvgIpc) is 3.83. The van der Waals surface area contributed by atoms with Gasteiger partial charge >= 0.3 is 13.2 Å². The third-order valence-electron chi connectivity index (χ3n) is 13.9. The second kappa shape index (κ2) is 12.7. The minimum Gasteiger partial charge on any atom is -0.447 e. The third kappa shape index (κ3) is 6.23. The molecule has 2 amide bonds. The number of carbonyl (C=O) groups is 2. The number of rotatable bonds is 11. The summed E-state index contributed by atoms with van der Waals surface area (Å²) in [5.74, 6) is -3.33. The van der Waals surface area contributed by atoms with Crippen molar-refractivity contribution < 1.29 is 32.4 Å². The van der Waals surface area contributed by atoms with Crippen LogP contribution in [0.1, 0.15) is 98.0 Å². The van der Waals surface area contributed by atoms with Crippen molar-refractivity contribution in [3.63, 3.8) is 0 Å². The number of nitriles is 1. The molecule has 0 aromatic heterocycles. The van der Waals surface area contributed by atoms with Gasteiger partial charge in [-0.25, -0.2) is 13.6 Å². The van der Waals surface area contributed by atoms with Gasteiger partial charge in [0, 0.05) is 24.5 Å². The molecule has 4 bridgehead atoms. The Morgan fingerprint density at radius 3 is 2.50 bits per heavy atom. The van der Waals surface area contributed by atoms with Gasteiger partial charge in [0.1, 0.15) is 12.5 Å². The fourth-order valence-corrected chi connectivity index (χ4v) is 10.5. The van der Waals surface area contributed by atoms with E-state index in [1.165, 1.54) is 0 Å². The summed E-state index contributed by atoms with van der Waals surface area (Å²) in [6.45, 7) is 10.7. The highest BCUT2D eigenvalue weighted by Crippen LogP contribution is 2.65. The van der Waals surface area contributed by atoms with Gasteiger partial charge in [0.25, 0.3) is 5.92 Å². The molecule has 7 fully saturated rings. The molecule has 7 aliphatic rings. The number of nitrogens with one attached hydrogen (secondary N) is 1. The average molecular weight is 695 g/mol. The Labute approximate surface area is 295 Å². The zero-order valence-corrected chi connectivity index (χ0v) is 30.3. The molecule has 6 atom stereocenters. The Kier molecular flexibility index (Phi) is 9.08.